The Kier molecular flexibility index (Phi) is 3.70. The lowest BCUT2D eigenvalue weighted by atomic mass is 9.99. The number of alkyl halides is 3. The van der Waals surface area contributed by atoms with Crippen LogP contribution in [0.15, 0.2) is 17.2 Å². The summed E-state index contributed by atoms with van der Waals surface area (Å²) in [5.41, 5.74) is -2.78. The standard InChI is InChI=1S/C16H16F3N3O2/c1-9-4-12(11-7-21-6-10(5-20)13(11)23)22(8-9)14(24)15(2-3-15)16(17,18)19/h6-7,9,12H,2-4,8H2,1H3,(H,21,23)/t9-,12+/m1/s1. The molecule has 2 atom stereocenters. The summed E-state index contributed by atoms with van der Waals surface area (Å²) < 4.78 is 39.8. The SMILES string of the molecule is C[C@@H]1C[C@@H](c2c[nH]cc(C#N)c2=O)N(C(=O)C2(C(F)(F)F)CC2)C1. The maximum absolute atomic E-state index is 13.3. The number of H-pyrrole nitrogens is 1. The smallest absolute Gasteiger partial charge is 0.366 e. The zero-order chi connectivity index (χ0) is 17.7. The number of nitrogens with zero attached hydrogens (tertiary/aromatic N) is 2. The lowest BCUT2D eigenvalue weighted by molar-refractivity contribution is -0.199. The molecule has 2 fully saturated rings. The first-order valence-electron chi connectivity index (χ1n) is 7.70. The number of aromatic amines is 1. The number of pyridine rings is 1. The number of carbonyl (C=O) groups is 1. The van der Waals surface area contributed by atoms with Gasteiger partial charge in [-0.2, -0.15) is 18.4 Å². The van der Waals surface area contributed by atoms with Gasteiger partial charge in [-0.3, -0.25) is 9.59 Å². The monoisotopic (exact) mass is 339 g/mol. The van der Waals surface area contributed by atoms with Crippen molar-refractivity contribution in [2.24, 2.45) is 11.3 Å². The number of amides is 1. The van der Waals surface area contributed by atoms with Crippen LogP contribution in [-0.2, 0) is 4.79 Å². The van der Waals surface area contributed by atoms with Crippen molar-refractivity contribution in [3.8, 4) is 6.07 Å². The highest BCUT2D eigenvalue weighted by Crippen LogP contribution is 2.59. The maximum Gasteiger partial charge on any atom is 0.403 e. The summed E-state index contributed by atoms with van der Waals surface area (Å²) in [5, 5.41) is 8.96. The summed E-state index contributed by atoms with van der Waals surface area (Å²) >= 11 is 0. The van der Waals surface area contributed by atoms with Crippen molar-refractivity contribution in [2.45, 2.75) is 38.4 Å². The van der Waals surface area contributed by atoms with Crippen LogP contribution in [0.1, 0.15) is 43.4 Å². The van der Waals surface area contributed by atoms with Gasteiger partial charge in [0.1, 0.15) is 17.0 Å². The number of carbonyl (C=O) groups excluding carboxylic acids is 1. The maximum atomic E-state index is 13.3. The molecule has 3 rings (SSSR count). The van der Waals surface area contributed by atoms with Gasteiger partial charge in [-0.25, -0.2) is 0 Å². The first-order chi connectivity index (χ1) is 11.2. The van der Waals surface area contributed by atoms with E-state index in [2.05, 4.69) is 4.98 Å². The number of nitrogens with one attached hydrogen (secondary N) is 1. The summed E-state index contributed by atoms with van der Waals surface area (Å²) in [6.45, 7) is 2.01. The molecule has 128 valence electrons. The van der Waals surface area contributed by atoms with E-state index >= 15 is 0 Å². The third-order valence-corrected chi connectivity index (χ3v) is 4.93. The fourth-order valence-electron chi connectivity index (χ4n) is 3.42. The van der Waals surface area contributed by atoms with E-state index in [1.165, 1.54) is 17.3 Å². The van der Waals surface area contributed by atoms with Gasteiger partial charge in [0.2, 0.25) is 11.3 Å². The minimum atomic E-state index is -4.58. The topological polar surface area (TPSA) is 77.0 Å². The van der Waals surface area contributed by atoms with E-state index in [-0.39, 0.29) is 36.4 Å². The second-order valence-corrected chi connectivity index (χ2v) is 6.66. The Hall–Kier alpha value is -2.30. The predicted molar refractivity (Wildman–Crippen MR) is 77.7 cm³/mol. The summed E-state index contributed by atoms with van der Waals surface area (Å²) in [6.07, 6.45) is -1.98. The van der Waals surface area contributed by atoms with Crippen molar-refractivity contribution in [3.63, 3.8) is 0 Å². The molecule has 1 saturated carbocycles. The molecule has 1 aliphatic carbocycles. The molecule has 8 heteroatoms. The van der Waals surface area contributed by atoms with Crippen LogP contribution in [0, 0.1) is 22.7 Å². The largest absolute Gasteiger partial charge is 0.403 e. The van der Waals surface area contributed by atoms with Gasteiger partial charge < -0.3 is 9.88 Å². The molecule has 0 unspecified atom stereocenters. The van der Waals surface area contributed by atoms with Crippen molar-refractivity contribution >= 4 is 5.91 Å². The first kappa shape index (κ1) is 16.6. The minimum Gasteiger partial charge on any atom is -0.366 e. The van der Waals surface area contributed by atoms with Gasteiger partial charge in [0, 0.05) is 24.5 Å². The summed E-state index contributed by atoms with van der Waals surface area (Å²) in [4.78, 5) is 28.8. The molecular formula is C16H16F3N3O2. The fourth-order valence-corrected chi connectivity index (χ4v) is 3.42. The molecule has 1 aromatic heterocycles. The Morgan fingerprint density at radius 3 is 2.62 bits per heavy atom. The van der Waals surface area contributed by atoms with E-state index in [0.717, 1.165) is 0 Å². The molecule has 5 nitrogen and oxygen atoms in total. The molecule has 2 aliphatic rings. The lowest BCUT2D eigenvalue weighted by Gasteiger charge is -2.30. The number of likely N-dealkylation sites (tertiary alicyclic amines) is 1. The second-order valence-electron chi connectivity index (χ2n) is 6.66. The molecule has 24 heavy (non-hydrogen) atoms. The molecule has 0 radical (unpaired) electrons. The highest BCUT2D eigenvalue weighted by molar-refractivity contribution is 5.87. The van der Waals surface area contributed by atoms with Gasteiger partial charge in [-0.05, 0) is 25.2 Å². The molecule has 1 N–H and O–H groups in total. The van der Waals surface area contributed by atoms with Crippen LogP contribution < -0.4 is 5.43 Å². The number of aromatic nitrogens is 1. The summed E-state index contributed by atoms with van der Waals surface area (Å²) in [6, 6.07) is 1.02. The molecule has 1 aliphatic heterocycles. The zero-order valence-electron chi connectivity index (χ0n) is 13.0. The van der Waals surface area contributed by atoms with Crippen LogP contribution in [0.4, 0.5) is 13.2 Å². The van der Waals surface area contributed by atoms with Crippen molar-refractivity contribution < 1.29 is 18.0 Å². The van der Waals surface area contributed by atoms with Crippen molar-refractivity contribution in [1.82, 2.24) is 9.88 Å². The minimum absolute atomic E-state index is 0.0203. The Morgan fingerprint density at radius 2 is 2.08 bits per heavy atom. The van der Waals surface area contributed by atoms with Gasteiger partial charge in [0.05, 0.1) is 6.04 Å². The molecule has 0 bridgehead atoms. The van der Waals surface area contributed by atoms with Crippen LogP contribution in [0.2, 0.25) is 0 Å². The Balaban J connectivity index is 1.99. The predicted octanol–water partition coefficient (Wildman–Crippen LogP) is 2.50. The molecule has 1 amide bonds. The molecule has 0 spiro atoms. The van der Waals surface area contributed by atoms with Gasteiger partial charge in [0.15, 0.2) is 0 Å². The van der Waals surface area contributed by atoms with Crippen molar-refractivity contribution in [1.29, 1.82) is 5.26 Å². The third kappa shape index (κ3) is 2.39. The van der Waals surface area contributed by atoms with Crippen LogP contribution in [0.5, 0.6) is 0 Å². The normalized spacial score (nSPS) is 25.4. The van der Waals surface area contributed by atoms with Gasteiger partial charge in [-0.15, -0.1) is 0 Å². The molecular weight excluding hydrogens is 323 g/mol. The Bertz CT molecular complexity index is 774. The zero-order valence-corrected chi connectivity index (χ0v) is 13.0. The molecule has 1 saturated heterocycles. The number of halogens is 3. The average Bonchev–Trinajstić information content (AvgIpc) is 3.25. The van der Waals surface area contributed by atoms with Crippen LogP contribution in [0.3, 0.4) is 0 Å². The highest BCUT2D eigenvalue weighted by Gasteiger charge is 2.70. The lowest BCUT2D eigenvalue weighted by Crippen LogP contribution is -2.44. The van der Waals surface area contributed by atoms with E-state index < -0.39 is 29.0 Å². The number of hydrogen-bond acceptors (Lipinski definition) is 3. The Labute approximate surface area is 136 Å². The molecule has 1 aromatic rings. The quantitative estimate of drug-likeness (QED) is 0.899. The summed E-state index contributed by atoms with van der Waals surface area (Å²) in [5.74, 6) is -0.973. The van der Waals surface area contributed by atoms with E-state index in [0.29, 0.717) is 6.42 Å². The highest BCUT2D eigenvalue weighted by atomic mass is 19.4. The number of nitriles is 1. The Morgan fingerprint density at radius 1 is 1.42 bits per heavy atom. The third-order valence-electron chi connectivity index (χ3n) is 4.93. The first-order valence-corrected chi connectivity index (χ1v) is 7.70. The van der Waals surface area contributed by atoms with E-state index in [1.54, 1.807) is 6.07 Å². The number of rotatable bonds is 2. The van der Waals surface area contributed by atoms with Crippen LogP contribution in [0.25, 0.3) is 0 Å². The van der Waals surface area contributed by atoms with Crippen LogP contribution in [-0.4, -0.2) is 28.5 Å². The number of hydrogen-bond donors (Lipinski definition) is 1. The van der Waals surface area contributed by atoms with Crippen molar-refractivity contribution in [2.75, 3.05) is 6.54 Å². The van der Waals surface area contributed by atoms with E-state index in [1.807, 2.05) is 6.92 Å². The van der Waals surface area contributed by atoms with E-state index in [9.17, 15) is 22.8 Å². The molecule has 2 heterocycles. The second kappa shape index (κ2) is 5.36. The fraction of sp³-hybridized carbons (Fsp3) is 0.562. The van der Waals surface area contributed by atoms with Crippen LogP contribution >= 0.6 is 0 Å². The van der Waals surface area contributed by atoms with E-state index in [4.69, 9.17) is 5.26 Å². The molecule has 0 aromatic carbocycles. The van der Waals surface area contributed by atoms with Crippen molar-refractivity contribution in [3.05, 3.63) is 33.7 Å². The summed E-state index contributed by atoms with van der Waals surface area (Å²) in [7, 11) is 0. The van der Waals surface area contributed by atoms with Gasteiger partial charge >= 0.3 is 6.18 Å². The van der Waals surface area contributed by atoms with Gasteiger partial charge in [0.25, 0.3) is 0 Å². The average molecular weight is 339 g/mol. The van der Waals surface area contributed by atoms with Gasteiger partial charge in [-0.1, -0.05) is 6.92 Å².